The zero-order chi connectivity index (χ0) is 13.8. The molecule has 0 saturated carbocycles. The van der Waals surface area contributed by atoms with E-state index in [-0.39, 0.29) is 16.6 Å². The van der Waals surface area contributed by atoms with Crippen molar-refractivity contribution >= 4 is 28.8 Å². The molecule has 2 nitrogen and oxygen atoms in total. The minimum absolute atomic E-state index is 0.0615. The van der Waals surface area contributed by atoms with Crippen molar-refractivity contribution in [2.45, 2.75) is 6.61 Å². The molecule has 0 radical (unpaired) electrons. The van der Waals surface area contributed by atoms with Gasteiger partial charge in [0.05, 0.1) is 10.6 Å². The van der Waals surface area contributed by atoms with Crippen LogP contribution in [0.2, 0.25) is 5.02 Å². The Balaban J connectivity index is 2.19. The summed E-state index contributed by atoms with van der Waals surface area (Å²) in [7, 11) is 0. The lowest BCUT2D eigenvalue weighted by atomic mass is 10.2. The molecule has 0 aliphatic heterocycles. The van der Waals surface area contributed by atoms with Gasteiger partial charge in [0.15, 0.2) is 0 Å². The molecule has 0 heterocycles. The monoisotopic (exact) mass is 295 g/mol. The number of thiocarbonyl (C=S) groups is 1. The van der Waals surface area contributed by atoms with Crippen molar-refractivity contribution in [3.05, 3.63) is 64.4 Å². The van der Waals surface area contributed by atoms with E-state index in [1.54, 1.807) is 36.4 Å². The van der Waals surface area contributed by atoms with Gasteiger partial charge in [0.25, 0.3) is 0 Å². The Labute approximate surface area is 120 Å². The Morgan fingerprint density at radius 3 is 2.68 bits per heavy atom. The van der Waals surface area contributed by atoms with E-state index in [0.717, 1.165) is 0 Å². The lowest BCUT2D eigenvalue weighted by Gasteiger charge is -2.11. The van der Waals surface area contributed by atoms with Crippen LogP contribution in [-0.4, -0.2) is 4.99 Å². The third-order valence-electron chi connectivity index (χ3n) is 2.57. The molecule has 0 aliphatic carbocycles. The first-order valence-corrected chi connectivity index (χ1v) is 6.32. The third-order valence-corrected chi connectivity index (χ3v) is 3.08. The number of hydrogen-bond acceptors (Lipinski definition) is 2. The lowest BCUT2D eigenvalue weighted by Crippen LogP contribution is -2.11. The van der Waals surface area contributed by atoms with Crippen LogP contribution in [0.1, 0.15) is 11.1 Å². The molecule has 0 saturated heterocycles. The average Bonchev–Trinajstić information content (AvgIpc) is 2.40. The Hall–Kier alpha value is -1.65. The molecule has 5 heteroatoms. The topological polar surface area (TPSA) is 35.2 Å². The van der Waals surface area contributed by atoms with E-state index in [1.807, 2.05) is 0 Å². The molecular formula is C14H11ClFNOS. The molecule has 0 fully saturated rings. The predicted octanol–water partition coefficient (Wildman–Crippen LogP) is 3.69. The molecule has 2 aromatic carbocycles. The van der Waals surface area contributed by atoms with Crippen LogP contribution < -0.4 is 10.5 Å². The predicted molar refractivity (Wildman–Crippen MR) is 78.1 cm³/mol. The van der Waals surface area contributed by atoms with Gasteiger partial charge in [0.1, 0.15) is 23.2 Å². The van der Waals surface area contributed by atoms with Crippen molar-refractivity contribution in [1.29, 1.82) is 0 Å². The molecule has 0 unspecified atom stereocenters. The van der Waals surface area contributed by atoms with Gasteiger partial charge in [-0.2, -0.15) is 0 Å². The molecule has 2 aromatic rings. The molecule has 0 aliphatic rings. The fourth-order valence-corrected chi connectivity index (χ4v) is 1.97. The highest BCUT2D eigenvalue weighted by atomic mass is 35.5. The first-order chi connectivity index (χ1) is 9.09. The maximum absolute atomic E-state index is 13.7. The SMILES string of the molecule is NC(=S)c1ccccc1OCc1cccc(Cl)c1F. The molecule has 0 amide bonds. The van der Waals surface area contributed by atoms with Crippen LogP contribution >= 0.6 is 23.8 Å². The summed E-state index contributed by atoms with van der Waals surface area (Å²) in [6, 6.07) is 11.9. The van der Waals surface area contributed by atoms with Gasteiger partial charge >= 0.3 is 0 Å². The summed E-state index contributed by atoms with van der Waals surface area (Å²) in [5.74, 6) is 0.0475. The van der Waals surface area contributed by atoms with E-state index in [1.165, 1.54) is 6.07 Å². The Morgan fingerprint density at radius 1 is 1.21 bits per heavy atom. The smallest absolute Gasteiger partial charge is 0.148 e. The van der Waals surface area contributed by atoms with E-state index in [0.29, 0.717) is 16.9 Å². The summed E-state index contributed by atoms with van der Waals surface area (Å²) in [5.41, 5.74) is 6.60. The van der Waals surface area contributed by atoms with Crippen LogP contribution in [0.5, 0.6) is 5.75 Å². The average molecular weight is 296 g/mol. The molecule has 0 atom stereocenters. The standard InChI is InChI=1S/C14H11ClFNOS/c15-11-6-3-4-9(13(11)16)8-18-12-7-2-1-5-10(12)14(17)19/h1-7H,8H2,(H2,17,19). The van der Waals surface area contributed by atoms with Crippen molar-refractivity contribution in [3.8, 4) is 5.75 Å². The van der Waals surface area contributed by atoms with E-state index < -0.39 is 5.82 Å². The van der Waals surface area contributed by atoms with Crippen molar-refractivity contribution < 1.29 is 9.13 Å². The van der Waals surface area contributed by atoms with Crippen molar-refractivity contribution in [3.63, 3.8) is 0 Å². The molecule has 2 N–H and O–H groups in total. The zero-order valence-corrected chi connectivity index (χ0v) is 11.5. The fourth-order valence-electron chi connectivity index (χ4n) is 1.61. The Bertz CT molecular complexity index is 618. The normalized spacial score (nSPS) is 10.2. The van der Waals surface area contributed by atoms with Crippen LogP contribution in [0.15, 0.2) is 42.5 Å². The maximum Gasteiger partial charge on any atom is 0.148 e. The van der Waals surface area contributed by atoms with Gasteiger partial charge in [-0.15, -0.1) is 0 Å². The summed E-state index contributed by atoms with van der Waals surface area (Å²) < 4.78 is 19.3. The number of nitrogens with two attached hydrogens (primary N) is 1. The van der Waals surface area contributed by atoms with Gasteiger partial charge in [0.2, 0.25) is 0 Å². The van der Waals surface area contributed by atoms with Gasteiger partial charge in [-0.05, 0) is 18.2 Å². The molecule has 19 heavy (non-hydrogen) atoms. The molecule has 98 valence electrons. The number of halogens is 2. The Morgan fingerprint density at radius 2 is 1.95 bits per heavy atom. The van der Waals surface area contributed by atoms with Gasteiger partial charge < -0.3 is 10.5 Å². The first kappa shape index (κ1) is 13.8. The third kappa shape index (κ3) is 3.22. The van der Waals surface area contributed by atoms with Crippen molar-refractivity contribution in [2.75, 3.05) is 0 Å². The van der Waals surface area contributed by atoms with Gasteiger partial charge in [-0.25, -0.2) is 4.39 Å². The summed E-state index contributed by atoms with van der Waals surface area (Å²) >= 11 is 10.6. The van der Waals surface area contributed by atoms with E-state index in [2.05, 4.69) is 0 Å². The number of benzene rings is 2. The Kier molecular flexibility index (Phi) is 4.35. The summed E-state index contributed by atoms with van der Waals surface area (Å²) in [4.78, 5) is 0.238. The van der Waals surface area contributed by atoms with E-state index in [4.69, 9.17) is 34.3 Å². The van der Waals surface area contributed by atoms with Gasteiger partial charge in [0, 0.05) is 5.56 Å². The summed E-state index contributed by atoms with van der Waals surface area (Å²) in [6.07, 6.45) is 0. The molecule has 0 aromatic heterocycles. The van der Waals surface area contributed by atoms with E-state index in [9.17, 15) is 4.39 Å². The van der Waals surface area contributed by atoms with Crippen LogP contribution in [0.3, 0.4) is 0 Å². The highest BCUT2D eigenvalue weighted by molar-refractivity contribution is 7.80. The summed E-state index contributed by atoms with van der Waals surface area (Å²) in [6.45, 7) is 0.0615. The van der Waals surface area contributed by atoms with Crippen LogP contribution in [0, 0.1) is 5.82 Å². The van der Waals surface area contributed by atoms with Crippen molar-refractivity contribution in [2.24, 2.45) is 5.73 Å². The maximum atomic E-state index is 13.7. The van der Waals surface area contributed by atoms with Crippen LogP contribution in [0.25, 0.3) is 0 Å². The quantitative estimate of drug-likeness (QED) is 0.874. The number of hydrogen-bond donors (Lipinski definition) is 1. The number of ether oxygens (including phenoxy) is 1. The minimum Gasteiger partial charge on any atom is -0.488 e. The fraction of sp³-hybridized carbons (Fsp3) is 0.0714. The molecule has 0 bridgehead atoms. The highest BCUT2D eigenvalue weighted by Gasteiger charge is 2.09. The largest absolute Gasteiger partial charge is 0.488 e. The number of para-hydroxylation sites is 1. The summed E-state index contributed by atoms with van der Waals surface area (Å²) in [5, 5.41) is 0.0729. The second-order valence-corrected chi connectivity index (χ2v) is 4.71. The molecule has 0 spiro atoms. The number of rotatable bonds is 4. The second kappa shape index (κ2) is 5.99. The van der Waals surface area contributed by atoms with Gasteiger partial charge in [-0.1, -0.05) is 48.1 Å². The lowest BCUT2D eigenvalue weighted by molar-refractivity contribution is 0.299. The van der Waals surface area contributed by atoms with Crippen LogP contribution in [0.4, 0.5) is 4.39 Å². The first-order valence-electron chi connectivity index (χ1n) is 5.54. The molecular weight excluding hydrogens is 285 g/mol. The second-order valence-electron chi connectivity index (χ2n) is 3.86. The van der Waals surface area contributed by atoms with Crippen LogP contribution in [-0.2, 0) is 6.61 Å². The minimum atomic E-state index is -0.475. The van der Waals surface area contributed by atoms with Gasteiger partial charge in [-0.3, -0.25) is 0 Å². The van der Waals surface area contributed by atoms with E-state index >= 15 is 0 Å². The zero-order valence-electron chi connectivity index (χ0n) is 9.90. The molecule has 2 rings (SSSR count). The van der Waals surface area contributed by atoms with Crippen molar-refractivity contribution in [1.82, 2.24) is 0 Å². The highest BCUT2D eigenvalue weighted by Crippen LogP contribution is 2.22.